The first-order chi connectivity index (χ1) is 16.2. The molecule has 1 heterocycles. The second kappa shape index (κ2) is 9.92. The molecule has 0 saturated carbocycles. The molecule has 0 saturated heterocycles. The van der Waals surface area contributed by atoms with Crippen LogP contribution in [-0.4, -0.2) is 18.9 Å². The highest BCUT2D eigenvalue weighted by atomic mass is 79.9. The number of ether oxygens (including phenoxy) is 1. The smallest absolute Gasteiger partial charge is 0.259 e. The Morgan fingerprint density at radius 3 is 2.41 bits per heavy atom. The normalized spacial score (nSPS) is 15.4. The fourth-order valence-electron chi connectivity index (χ4n) is 4.36. The average Bonchev–Trinajstić information content (AvgIpc) is 3.16. The summed E-state index contributed by atoms with van der Waals surface area (Å²) in [5.41, 5.74) is 2.93. The van der Waals surface area contributed by atoms with Gasteiger partial charge in [-0.15, -0.1) is 11.3 Å². The molecule has 4 rings (SSSR count). The Bertz CT molecular complexity index is 1210. The van der Waals surface area contributed by atoms with Crippen molar-refractivity contribution in [3.63, 3.8) is 0 Å². The van der Waals surface area contributed by atoms with Gasteiger partial charge in [0.05, 0.1) is 18.4 Å². The Hall–Kier alpha value is -2.64. The number of fused-ring (bicyclic) bond motifs is 1. The number of nitrogens with one attached hydrogen (secondary N) is 2. The van der Waals surface area contributed by atoms with Gasteiger partial charge < -0.3 is 15.4 Å². The number of carbonyl (C=O) groups is 2. The fourth-order valence-corrected chi connectivity index (χ4v) is 5.95. The molecule has 0 spiro atoms. The highest BCUT2D eigenvalue weighted by molar-refractivity contribution is 9.10. The molecule has 2 aromatic carbocycles. The van der Waals surface area contributed by atoms with Gasteiger partial charge in [-0.05, 0) is 72.6 Å². The molecule has 7 heteroatoms. The minimum atomic E-state index is -0.234. The highest BCUT2D eigenvalue weighted by Gasteiger charge is 2.34. The Morgan fingerprint density at radius 1 is 1.03 bits per heavy atom. The van der Waals surface area contributed by atoms with Crippen molar-refractivity contribution in [1.82, 2.24) is 0 Å². The van der Waals surface area contributed by atoms with E-state index >= 15 is 0 Å². The van der Waals surface area contributed by atoms with Gasteiger partial charge in [-0.1, -0.05) is 48.8 Å². The number of benzene rings is 2. The molecule has 0 radical (unpaired) electrons. The van der Waals surface area contributed by atoms with Crippen LogP contribution in [0.1, 0.15) is 58.3 Å². The van der Waals surface area contributed by atoms with Gasteiger partial charge in [-0.2, -0.15) is 0 Å². The van der Waals surface area contributed by atoms with Crippen molar-refractivity contribution in [2.75, 3.05) is 17.7 Å². The highest BCUT2D eigenvalue weighted by Crippen LogP contribution is 2.44. The molecule has 5 nitrogen and oxygen atoms in total. The van der Waals surface area contributed by atoms with E-state index in [4.69, 9.17) is 4.74 Å². The van der Waals surface area contributed by atoms with Crippen molar-refractivity contribution in [2.45, 2.75) is 40.0 Å². The third-order valence-corrected chi connectivity index (χ3v) is 8.10. The maximum atomic E-state index is 13.6. The molecule has 1 aromatic heterocycles. The van der Waals surface area contributed by atoms with Crippen molar-refractivity contribution in [1.29, 1.82) is 0 Å². The lowest BCUT2D eigenvalue weighted by molar-refractivity contribution is 0.102. The zero-order valence-electron chi connectivity index (χ0n) is 19.8. The first-order valence-electron chi connectivity index (χ1n) is 11.3. The van der Waals surface area contributed by atoms with E-state index < -0.39 is 0 Å². The molecule has 0 bridgehead atoms. The number of anilines is 2. The molecule has 1 aliphatic carbocycles. The lowest BCUT2D eigenvalue weighted by Gasteiger charge is -2.33. The Labute approximate surface area is 213 Å². The third kappa shape index (κ3) is 5.20. The van der Waals surface area contributed by atoms with E-state index in [1.54, 1.807) is 19.2 Å². The molecule has 1 atom stereocenters. The predicted octanol–water partition coefficient (Wildman–Crippen LogP) is 7.17. The van der Waals surface area contributed by atoms with Gasteiger partial charge in [0.25, 0.3) is 11.8 Å². The maximum absolute atomic E-state index is 13.6. The zero-order valence-corrected chi connectivity index (χ0v) is 22.2. The monoisotopic (exact) mass is 540 g/mol. The topological polar surface area (TPSA) is 67.4 Å². The van der Waals surface area contributed by atoms with Gasteiger partial charge >= 0.3 is 0 Å². The lowest BCUT2D eigenvalue weighted by Crippen LogP contribution is -2.27. The largest absolute Gasteiger partial charge is 0.495 e. The zero-order chi connectivity index (χ0) is 24.5. The minimum absolute atomic E-state index is 0.183. The summed E-state index contributed by atoms with van der Waals surface area (Å²) < 4.78 is 6.31. The van der Waals surface area contributed by atoms with Crippen molar-refractivity contribution in [3.05, 3.63) is 74.6 Å². The second-order valence-corrected chi connectivity index (χ2v) is 11.6. The van der Waals surface area contributed by atoms with Gasteiger partial charge in [-0.25, -0.2) is 0 Å². The molecular weight excluding hydrogens is 512 g/mol. The lowest BCUT2D eigenvalue weighted by atomic mass is 9.72. The van der Waals surface area contributed by atoms with E-state index in [9.17, 15) is 9.59 Å². The quantitative estimate of drug-likeness (QED) is 0.360. The van der Waals surface area contributed by atoms with Gasteiger partial charge in [-0.3, -0.25) is 9.59 Å². The maximum Gasteiger partial charge on any atom is 0.259 e. The molecule has 1 aliphatic rings. The summed E-state index contributed by atoms with van der Waals surface area (Å²) in [5, 5.41) is 6.62. The summed E-state index contributed by atoms with van der Waals surface area (Å²) >= 11 is 4.93. The van der Waals surface area contributed by atoms with Gasteiger partial charge in [0.15, 0.2) is 0 Å². The minimum Gasteiger partial charge on any atom is -0.495 e. The van der Waals surface area contributed by atoms with Crippen molar-refractivity contribution in [3.8, 4) is 5.75 Å². The number of methoxy groups -OCH3 is 1. The molecular formula is C27H29BrN2O3S. The number of para-hydroxylation sites is 2. The molecule has 0 aliphatic heterocycles. The number of rotatable bonds is 5. The van der Waals surface area contributed by atoms with Crippen LogP contribution in [-0.2, 0) is 12.8 Å². The summed E-state index contributed by atoms with van der Waals surface area (Å²) in [5.74, 6) is 0.652. The van der Waals surface area contributed by atoms with Crippen LogP contribution < -0.4 is 15.4 Å². The van der Waals surface area contributed by atoms with Crippen molar-refractivity contribution < 1.29 is 14.3 Å². The van der Waals surface area contributed by atoms with E-state index in [0.717, 1.165) is 29.3 Å². The Morgan fingerprint density at radius 2 is 1.74 bits per heavy atom. The Balaban J connectivity index is 1.69. The molecule has 1 unspecified atom stereocenters. The molecule has 178 valence electrons. The fraction of sp³-hybridized carbons (Fsp3) is 0.333. The van der Waals surface area contributed by atoms with Crippen LogP contribution in [0, 0.1) is 11.3 Å². The van der Waals surface area contributed by atoms with E-state index in [2.05, 4.69) is 47.3 Å². The standard InChI is InChI=1S/C27H29BrN2O3S/c1-27(2,3)17-11-14-19-22(15-17)34-26(30-24(31)16-9-12-18(28)13-10-16)23(19)25(32)29-20-7-5-6-8-21(20)33-4/h5-10,12-13,17H,11,14-15H2,1-4H3,(H,29,32)(H,30,31). The van der Waals surface area contributed by atoms with E-state index in [1.807, 2.05) is 36.4 Å². The predicted molar refractivity (Wildman–Crippen MR) is 142 cm³/mol. The van der Waals surface area contributed by atoms with Crippen LogP contribution >= 0.6 is 27.3 Å². The number of carbonyl (C=O) groups excluding carboxylic acids is 2. The van der Waals surface area contributed by atoms with E-state index in [-0.39, 0.29) is 17.2 Å². The van der Waals surface area contributed by atoms with Crippen molar-refractivity contribution >= 4 is 49.8 Å². The molecule has 3 aromatic rings. The van der Waals surface area contributed by atoms with Gasteiger partial charge in [0, 0.05) is 14.9 Å². The third-order valence-electron chi connectivity index (χ3n) is 6.41. The summed E-state index contributed by atoms with van der Waals surface area (Å²) in [7, 11) is 1.58. The number of amides is 2. The summed E-state index contributed by atoms with van der Waals surface area (Å²) in [6, 6.07) is 14.5. The number of thiophene rings is 1. The van der Waals surface area contributed by atoms with Gasteiger partial charge in [0.1, 0.15) is 10.8 Å². The first kappa shape index (κ1) is 24.5. The molecule has 2 amide bonds. The second-order valence-electron chi connectivity index (χ2n) is 9.63. The van der Waals surface area contributed by atoms with Crippen LogP contribution in [0.3, 0.4) is 0 Å². The van der Waals surface area contributed by atoms with Gasteiger partial charge in [0.2, 0.25) is 0 Å². The molecule has 2 N–H and O–H groups in total. The van der Waals surface area contributed by atoms with Crippen LogP contribution in [0.25, 0.3) is 0 Å². The summed E-state index contributed by atoms with van der Waals surface area (Å²) in [4.78, 5) is 27.8. The first-order valence-corrected chi connectivity index (χ1v) is 12.9. The van der Waals surface area contributed by atoms with E-state index in [1.165, 1.54) is 16.2 Å². The average molecular weight is 542 g/mol. The summed E-state index contributed by atoms with van der Waals surface area (Å²) in [6.07, 6.45) is 2.74. The number of halogens is 1. The van der Waals surface area contributed by atoms with Crippen LogP contribution in [0.15, 0.2) is 53.0 Å². The molecule has 0 fully saturated rings. The van der Waals surface area contributed by atoms with Crippen LogP contribution in [0.5, 0.6) is 5.75 Å². The van der Waals surface area contributed by atoms with Crippen molar-refractivity contribution in [2.24, 2.45) is 11.3 Å². The molecule has 34 heavy (non-hydrogen) atoms. The Kier molecular flexibility index (Phi) is 7.14. The van der Waals surface area contributed by atoms with Crippen LogP contribution in [0.4, 0.5) is 10.7 Å². The number of hydrogen-bond donors (Lipinski definition) is 2. The number of hydrogen-bond acceptors (Lipinski definition) is 4. The van der Waals surface area contributed by atoms with E-state index in [0.29, 0.717) is 33.5 Å². The van der Waals surface area contributed by atoms with Crippen LogP contribution in [0.2, 0.25) is 0 Å². The summed E-state index contributed by atoms with van der Waals surface area (Å²) in [6.45, 7) is 6.80. The SMILES string of the molecule is COc1ccccc1NC(=O)c1c(NC(=O)c2ccc(Br)cc2)sc2c1CCC(C(C)(C)C)C2.